The van der Waals surface area contributed by atoms with E-state index in [1.807, 2.05) is 11.8 Å². The van der Waals surface area contributed by atoms with Crippen LogP contribution in [0.3, 0.4) is 0 Å². The van der Waals surface area contributed by atoms with Crippen molar-refractivity contribution in [3.63, 3.8) is 0 Å². The van der Waals surface area contributed by atoms with Gasteiger partial charge in [-0.1, -0.05) is 0 Å². The number of rotatable bonds is 4. The average molecular weight is 334 g/mol. The summed E-state index contributed by atoms with van der Waals surface area (Å²) in [7, 11) is 0. The molecule has 1 amide bonds. The minimum atomic E-state index is -0.156. The number of nitrogens with one attached hydrogen (secondary N) is 1. The van der Waals surface area contributed by atoms with Gasteiger partial charge in [0.05, 0.1) is 30.2 Å². The molecule has 3 rings (SSSR count). The number of hydrogen-bond donors (Lipinski definition) is 1. The van der Waals surface area contributed by atoms with E-state index >= 15 is 0 Å². The van der Waals surface area contributed by atoms with Gasteiger partial charge in [0.15, 0.2) is 0 Å². The fourth-order valence-electron chi connectivity index (χ4n) is 2.58. The number of nitrogens with zero attached hydrogens (tertiary/aromatic N) is 3. The lowest BCUT2D eigenvalue weighted by Gasteiger charge is -2.32. The molecule has 0 unspecified atom stereocenters. The Morgan fingerprint density at radius 1 is 1.52 bits per heavy atom. The maximum atomic E-state index is 12.5. The molecule has 1 fully saturated rings. The molecule has 1 atom stereocenters. The molecule has 1 aliphatic rings. The molecule has 0 radical (unpaired) electrons. The first-order valence-corrected chi connectivity index (χ1v) is 8.36. The first-order chi connectivity index (χ1) is 11.1. The van der Waals surface area contributed by atoms with Crippen LogP contribution in [-0.2, 0) is 11.2 Å². The van der Waals surface area contributed by atoms with Gasteiger partial charge in [0.1, 0.15) is 4.88 Å². The highest BCUT2D eigenvalue weighted by molar-refractivity contribution is 7.11. The van der Waals surface area contributed by atoms with Gasteiger partial charge in [-0.2, -0.15) is 0 Å². The Labute approximate surface area is 137 Å². The summed E-state index contributed by atoms with van der Waals surface area (Å²) in [6, 6.07) is 1.49. The van der Waals surface area contributed by atoms with Crippen molar-refractivity contribution in [3.8, 4) is 0 Å². The van der Waals surface area contributed by atoms with E-state index in [1.54, 1.807) is 5.51 Å². The first-order valence-electron chi connectivity index (χ1n) is 7.48. The molecule has 3 heterocycles. The van der Waals surface area contributed by atoms with Crippen LogP contribution in [0.2, 0.25) is 0 Å². The van der Waals surface area contributed by atoms with Gasteiger partial charge < -0.3 is 14.6 Å². The van der Waals surface area contributed by atoms with Crippen LogP contribution in [0.5, 0.6) is 0 Å². The lowest BCUT2D eigenvalue weighted by molar-refractivity contribution is -0.0245. The smallest absolute Gasteiger partial charge is 0.266 e. The third-order valence-corrected chi connectivity index (χ3v) is 4.74. The Hall–Kier alpha value is -2.06. The number of ether oxygens (including phenoxy) is 1. The number of morpholine rings is 1. The monoisotopic (exact) mass is 334 g/mol. The van der Waals surface area contributed by atoms with Gasteiger partial charge in [-0.15, -0.1) is 11.3 Å². The molecule has 0 saturated carbocycles. The number of aryl methyl sites for hydroxylation is 2. The zero-order chi connectivity index (χ0) is 16.2. The molecule has 0 aliphatic carbocycles. The second-order valence-electron chi connectivity index (χ2n) is 5.45. The molecule has 2 aromatic rings. The molecule has 1 aliphatic heterocycles. The number of amides is 1. The molecule has 0 bridgehead atoms. The maximum Gasteiger partial charge on any atom is 0.266 e. The Morgan fingerprint density at radius 2 is 2.39 bits per heavy atom. The standard InChI is InChI=1S/C15H18N4O3S/c1-10-14(23-9-18-10)15(21)19-4-5-22-12(7-19)3-2-11-6-13(20)17-8-16-11/h6,8-9,12H,2-5,7H2,1H3,(H,16,17,20)/t12-/m1/s1. The largest absolute Gasteiger partial charge is 0.375 e. The van der Waals surface area contributed by atoms with Crippen LogP contribution in [0.1, 0.15) is 27.5 Å². The highest BCUT2D eigenvalue weighted by atomic mass is 32.1. The number of carbonyl (C=O) groups is 1. The third-order valence-electron chi connectivity index (χ3n) is 3.82. The quantitative estimate of drug-likeness (QED) is 0.901. The second kappa shape index (κ2) is 7.01. The number of aromatic amines is 1. The van der Waals surface area contributed by atoms with Gasteiger partial charge in [-0.3, -0.25) is 9.59 Å². The van der Waals surface area contributed by atoms with Crippen LogP contribution in [-0.4, -0.2) is 51.6 Å². The van der Waals surface area contributed by atoms with Crippen LogP contribution < -0.4 is 5.56 Å². The summed E-state index contributed by atoms with van der Waals surface area (Å²) in [6.07, 6.45) is 2.74. The Bertz CT molecular complexity index is 742. The van der Waals surface area contributed by atoms with Crippen LogP contribution in [0.4, 0.5) is 0 Å². The summed E-state index contributed by atoms with van der Waals surface area (Å²) in [5, 5.41) is 0. The summed E-state index contributed by atoms with van der Waals surface area (Å²) in [5.74, 6) is 0.0209. The van der Waals surface area contributed by atoms with Crippen molar-refractivity contribution in [3.05, 3.63) is 44.5 Å². The highest BCUT2D eigenvalue weighted by Gasteiger charge is 2.26. The van der Waals surface area contributed by atoms with Crippen LogP contribution >= 0.6 is 11.3 Å². The summed E-state index contributed by atoms with van der Waals surface area (Å²) in [5.41, 5.74) is 3.05. The lowest BCUT2D eigenvalue weighted by atomic mass is 10.1. The van der Waals surface area contributed by atoms with E-state index in [0.29, 0.717) is 31.0 Å². The Kier molecular flexibility index (Phi) is 4.82. The summed E-state index contributed by atoms with van der Waals surface area (Å²) < 4.78 is 5.74. The number of thiazole rings is 1. The highest BCUT2D eigenvalue weighted by Crippen LogP contribution is 2.18. The summed E-state index contributed by atoms with van der Waals surface area (Å²) >= 11 is 1.37. The van der Waals surface area contributed by atoms with Gasteiger partial charge in [-0.25, -0.2) is 9.97 Å². The van der Waals surface area contributed by atoms with E-state index in [-0.39, 0.29) is 17.6 Å². The zero-order valence-corrected chi connectivity index (χ0v) is 13.6. The van der Waals surface area contributed by atoms with Crippen molar-refractivity contribution >= 4 is 17.2 Å². The molecule has 2 aromatic heterocycles. The molecule has 1 N–H and O–H groups in total. The molecule has 8 heteroatoms. The van der Waals surface area contributed by atoms with E-state index in [2.05, 4.69) is 15.0 Å². The number of carbonyl (C=O) groups excluding carboxylic acids is 1. The van der Waals surface area contributed by atoms with Crippen LogP contribution in [0.15, 0.2) is 22.7 Å². The average Bonchev–Trinajstić information content (AvgIpc) is 2.99. The van der Waals surface area contributed by atoms with Gasteiger partial charge in [-0.05, 0) is 19.8 Å². The minimum Gasteiger partial charge on any atom is -0.375 e. The van der Waals surface area contributed by atoms with Crippen LogP contribution in [0, 0.1) is 6.92 Å². The second-order valence-corrected chi connectivity index (χ2v) is 6.31. The number of hydrogen-bond acceptors (Lipinski definition) is 6. The topological polar surface area (TPSA) is 88.2 Å². The summed E-state index contributed by atoms with van der Waals surface area (Å²) in [4.78, 5) is 37.1. The van der Waals surface area contributed by atoms with Crippen molar-refractivity contribution in [2.24, 2.45) is 0 Å². The predicted octanol–water partition coefficient (Wildman–Crippen LogP) is 1.01. The predicted molar refractivity (Wildman–Crippen MR) is 85.7 cm³/mol. The van der Waals surface area contributed by atoms with Gasteiger partial charge >= 0.3 is 0 Å². The van der Waals surface area contributed by atoms with E-state index < -0.39 is 0 Å². The van der Waals surface area contributed by atoms with Crippen molar-refractivity contribution in [1.29, 1.82) is 0 Å². The van der Waals surface area contributed by atoms with E-state index in [0.717, 1.165) is 17.8 Å². The normalized spacial score (nSPS) is 18.1. The zero-order valence-electron chi connectivity index (χ0n) is 12.8. The van der Waals surface area contributed by atoms with Crippen molar-refractivity contribution in [2.45, 2.75) is 25.9 Å². The number of H-pyrrole nitrogens is 1. The minimum absolute atomic E-state index is 0.0209. The van der Waals surface area contributed by atoms with Crippen molar-refractivity contribution in [2.75, 3.05) is 19.7 Å². The molecular weight excluding hydrogens is 316 g/mol. The molecule has 0 spiro atoms. The van der Waals surface area contributed by atoms with Crippen LogP contribution in [0.25, 0.3) is 0 Å². The van der Waals surface area contributed by atoms with E-state index in [9.17, 15) is 9.59 Å². The Morgan fingerprint density at radius 3 is 3.13 bits per heavy atom. The molecule has 122 valence electrons. The summed E-state index contributed by atoms with van der Waals surface area (Å²) in [6.45, 7) is 3.52. The fourth-order valence-corrected chi connectivity index (χ4v) is 3.35. The Balaban J connectivity index is 1.59. The van der Waals surface area contributed by atoms with Crippen molar-refractivity contribution in [1.82, 2.24) is 19.9 Å². The molecule has 23 heavy (non-hydrogen) atoms. The lowest BCUT2D eigenvalue weighted by Crippen LogP contribution is -2.45. The first kappa shape index (κ1) is 15.8. The van der Waals surface area contributed by atoms with Gasteiger partial charge in [0, 0.05) is 24.8 Å². The molecule has 7 nitrogen and oxygen atoms in total. The van der Waals surface area contributed by atoms with E-state index in [1.165, 1.54) is 23.7 Å². The molecular formula is C15H18N4O3S. The van der Waals surface area contributed by atoms with Crippen molar-refractivity contribution < 1.29 is 9.53 Å². The van der Waals surface area contributed by atoms with Gasteiger partial charge in [0.2, 0.25) is 0 Å². The SMILES string of the molecule is Cc1ncsc1C(=O)N1CCO[C@H](CCc2cc(=O)[nH]cn2)C1. The third kappa shape index (κ3) is 3.83. The fraction of sp³-hybridized carbons (Fsp3) is 0.467. The maximum absolute atomic E-state index is 12.5. The molecule has 1 saturated heterocycles. The van der Waals surface area contributed by atoms with E-state index in [4.69, 9.17) is 4.74 Å². The van der Waals surface area contributed by atoms with Gasteiger partial charge in [0.25, 0.3) is 11.5 Å². The molecule has 0 aromatic carbocycles. The number of aromatic nitrogens is 3.